The van der Waals surface area contributed by atoms with Crippen molar-refractivity contribution in [1.29, 1.82) is 0 Å². The van der Waals surface area contributed by atoms with Crippen LogP contribution in [-0.2, 0) is 9.59 Å². The Hall–Kier alpha value is -2.25. The van der Waals surface area contributed by atoms with Crippen LogP contribution in [0.4, 0.5) is 18.9 Å². The summed E-state index contributed by atoms with van der Waals surface area (Å²) in [5.74, 6) is -7.81. The minimum atomic E-state index is -1.68. The van der Waals surface area contributed by atoms with Gasteiger partial charge in [-0.15, -0.1) is 0 Å². The van der Waals surface area contributed by atoms with Crippen LogP contribution in [0.3, 0.4) is 0 Å². The van der Waals surface area contributed by atoms with Crippen molar-refractivity contribution in [3.05, 3.63) is 29.6 Å². The van der Waals surface area contributed by atoms with E-state index in [4.69, 9.17) is 10.2 Å². The average molecular weight is 305 g/mol. The third-order valence-corrected chi connectivity index (χ3v) is 2.87. The minimum Gasteiger partial charge on any atom is -0.481 e. The van der Waals surface area contributed by atoms with Crippen LogP contribution in [-0.4, -0.2) is 35.2 Å². The van der Waals surface area contributed by atoms with Gasteiger partial charge in [0.2, 0.25) is 0 Å². The molecule has 0 aromatic heterocycles. The van der Waals surface area contributed by atoms with Crippen LogP contribution in [0.1, 0.15) is 13.3 Å². The molecule has 0 saturated heterocycles. The van der Waals surface area contributed by atoms with Gasteiger partial charge < -0.3 is 15.1 Å². The van der Waals surface area contributed by atoms with Gasteiger partial charge in [-0.3, -0.25) is 9.59 Å². The Balaban J connectivity index is 3.08. The molecule has 1 atom stereocenters. The molecule has 0 aliphatic carbocycles. The SMILES string of the molecule is CC(CN(CCC(=O)O)c1ccc(F)c(F)c1F)C(=O)O. The maximum absolute atomic E-state index is 13.7. The van der Waals surface area contributed by atoms with E-state index in [1.54, 1.807) is 0 Å². The van der Waals surface area contributed by atoms with Crippen molar-refractivity contribution < 1.29 is 33.0 Å². The lowest BCUT2D eigenvalue weighted by atomic mass is 10.1. The second kappa shape index (κ2) is 6.96. The summed E-state index contributed by atoms with van der Waals surface area (Å²) < 4.78 is 39.9. The third kappa shape index (κ3) is 4.37. The number of anilines is 1. The highest BCUT2D eigenvalue weighted by Gasteiger charge is 2.22. The minimum absolute atomic E-state index is 0.227. The van der Waals surface area contributed by atoms with E-state index in [2.05, 4.69) is 0 Å². The van der Waals surface area contributed by atoms with Gasteiger partial charge in [0.25, 0.3) is 0 Å². The van der Waals surface area contributed by atoms with E-state index < -0.39 is 41.7 Å². The predicted molar refractivity (Wildman–Crippen MR) is 67.6 cm³/mol. The molecular formula is C13H14F3NO4. The lowest BCUT2D eigenvalue weighted by Gasteiger charge is -2.26. The quantitative estimate of drug-likeness (QED) is 0.754. The number of nitrogens with zero attached hydrogens (tertiary/aromatic N) is 1. The molecule has 0 heterocycles. The number of hydrogen-bond acceptors (Lipinski definition) is 3. The highest BCUT2D eigenvalue weighted by atomic mass is 19.2. The van der Waals surface area contributed by atoms with E-state index in [-0.39, 0.29) is 18.8 Å². The molecular weight excluding hydrogens is 291 g/mol. The number of carboxylic acid groups (broad SMARTS) is 2. The van der Waals surface area contributed by atoms with Gasteiger partial charge in [0.1, 0.15) is 0 Å². The zero-order valence-corrected chi connectivity index (χ0v) is 11.1. The van der Waals surface area contributed by atoms with Crippen LogP contribution < -0.4 is 4.90 Å². The Morgan fingerprint density at radius 3 is 2.33 bits per heavy atom. The third-order valence-electron chi connectivity index (χ3n) is 2.87. The van der Waals surface area contributed by atoms with Crippen molar-refractivity contribution in [2.45, 2.75) is 13.3 Å². The molecule has 2 N–H and O–H groups in total. The Morgan fingerprint density at radius 2 is 1.81 bits per heavy atom. The number of hydrogen-bond donors (Lipinski definition) is 2. The molecule has 0 spiro atoms. The summed E-state index contributed by atoms with van der Waals surface area (Å²) in [7, 11) is 0. The second-order valence-corrected chi connectivity index (χ2v) is 4.52. The van der Waals surface area contributed by atoms with Crippen LogP contribution in [0.5, 0.6) is 0 Å². The van der Waals surface area contributed by atoms with Gasteiger partial charge in [-0.2, -0.15) is 0 Å². The van der Waals surface area contributed by atoms with Crippen molar-refractivity contribution in [2.24, 2.45) is 5.92 Å². The maximum Gasteiger partial charge on any atom is 0.308 e. The first kappa shape index (κ1) is 16.8. The van der Waals surface area contributed by atoms with E-state index in [0.29, 0.717) is 6.07 Å². The Kier molecular flexibility index (Phi) is 5.57. The molecule has 0 fully saturated rings. The van der Waals surface area contributed by atoms with Gasteiger partial charge in [0.05, 0.1) is 18.0 Å². The summed E-state index contributed by atoms with van der Waals surface area (Å²) in [5, 5.41) is 17.5. The van der Waals surface area contributed by atoms with Crippen molar-refractivity contribution in [3.8, 4) is 0 Å². The number of aliphatic carboxylic acids is 2. The Morgan fingerprint density at radius 1 is 1.19 bits per heavy atom. The summed E-state index contributed by atoms with van der Waals surface area (Å²) in [4.78, 5) is 22.5. The standard InChI is InChI=1S/C13H14F3NO4/c1-7(13(20)21)6-17(5-4-10(18)19)9-3-2-8(14)11(15)12(9)16/h2-3,7H,4-6H2,1H3,(H,18,19)(H,20,21). The van der Waals surface area contributed by atoms with Crippen molar-refractivity contribution >= 4 is 17.6 Å². The molecule has 21 heavy (non-hydrogen) atoms. The number of carbonyl (C=O) groups is 2. The molecule has 0 radical (unpaired) electrons. The summed E-state index contributed by atoms with van der Waals surface area (Å²) in [6.45, 7) is 0.882. The van der Waals surface area contributed by atoms with Gasteiger partial charge in [0, 0.05) is 13.1 Å². The average Bonchev–Trinajstić information content (AvgIpc) is 2.41. The van der Waals surface area contributed by atoms with Crippen LogP contribution in [0.15, 0.2) is 12.1 Å². The molecule has 0 saturated carbocycles. The van der Waals surface area contributed by atoms with Crippen molar-refractivity contribution in [1.82, 2.24) is 0 Å². The van der Waals surface area contributed by atoms with E-state index in [1.165, 1.54) is 6.92 Å². The maximum atomic E-state index is 13.7. The van der Waals surface area contributed by atoms with E-state index in [0.717, 1.165) is 11.0 Å². The van der Waals surface area contributed by atoms with Crippen LogP contribution >= 0.6 is 0 Å². The number of rotatable bonds is 7. The molecule has 1 unspecified atom stereocenters. The molecule has 1 aromatic carbocycles. The fourth-order valence-corrected chi connectivity index (χ4v) is 1.71. The molecule has 1 aromatic rings. The molecule has 5 nitrogen and oxygen atoms in total. The molecule has 0 aliphatic heterocycles. The summed E-state index contributed by atoms with van der Waals surface area (Å²) in [6, 6.07) is 1.65. The second-order valence-electron chi connectivity index (χ2n) is 4.52. The Bertz CT molecular complexity index is 550. The van der Waals surface area contributed by atoms with Crippen LogP contribution in [0, 0.1) is 23.4 Å². The topological polar surface area (TPSA) is 77.8 Å². The number of benzene rings is 1. The molecule has 0 aliphatic rings. The van der Waals surface area contributed by atoms with Crippen molar-refractivity contribution in [2.75, 3.05) is 18.0 Å². The predicted octanol–water partition coefficient (Wildman–Crippen LogP) is 2.11. The van der Waals surface area contributed by atoms with Crippen LogP contribution in [0.25, 0.3) is 0 Å². The van der Waals surface area contributed by atoms with E-state index >= 15 is 0 Å². The zero-order chi connectivity index (χ0) is 16.2. The first-order valence-electron chi connectivity index (χ1n) is 6.07. The first-order valence-corrected chi connectivity index (χ1v) is 6.07. The number of carboxylic acids is 2. The molecule has 116 valence electrons. The fraction of sp³-hybridized carbons (Fsp3) is 0.385. The number of halogens is 3. The smallest absolute Gasteiger partial charge is 0.308 e. The normalized spacial score (nSPS) is 12.0. The lowest BCUT2D eigenvalue weighted by molar-refractivity contribution is -0.140. The highest BCUT2D eigenvalue weighted by Crippen LogP contribution is 2.24. The molecule has 0 amide bonds. The molecule has 0 bridgehead atoms. The van der Waals surface area contributed by atoms with Crippen molar-refractivity contribution in [3.63, 3.8) is 0 Å². The van der Waals surface area contributed by atoms with Gasteiger partial charge in [-0.05, 0) is 12.1 Å². The largest absolute Gasteiger partial charge is 0.481 e. The first-order chi connectivity index (χ1) is 9.73. The Labute approximate surface area is 118 Å². The van der Waals surface area contributed by atoms with Gasteiger partial charge in [-0.1, -0.05) is 6.92 Å². The van der Waals surface area contributed by atoms with E-state index in [9.17, 15) is 22.8 Å². The van der Waals surface area contributed by atoms with Gasteiger partial charge in [0.15, 0.2) is 17.5 Å². The fourth-order valence-electron chi connectivity index (χ4n) is 1.71. The summed E-state index contributed by atoms with van der Waals surface area (Å²) in [5.41, 5.74) is -0.372. The summed E-state index contributed by atoms with van der Waals surface area (Å²) >= 11 is 0. The monoisotopic (exact) mass is 305 g/mol. The zero-order valence-electron chi connectivity index (χ0n) is 11.1. The summed E-state index contributed by atoms with van der Waals surface area (Å²) in [6.07, 6.45) is -0.398. The molecule has 1 rings (SSSR count). The van der Waals surface area contributed by atoms with Crippen LogP contribution in [0.2, 0.25) is 0 Å². The van der Waals surface area contributed by atoms with E-state index in [1.807, 2.05) is 0 Å². The highest BCUT2D eigenvalue weighted by molar-refractivity contribution is 5.71. The lowest BCUT2D eigenvalue weighted by Crippen LogP contribution is -2.34. The van der Waals surface area contributed by atoms with Gasteiger partial charge >= 0.3 is 11.9 Å². The van der Waals surface area contributed by atoms with Gasteiger partial charge in [-0.25, -0.2) is 13.2 Å². The molecule has 8 heteroatoms.